The Morgan fingerprint density at radius 2 is 1.87 bits per heavy atom. The van der Waals surface area contributed by atoms with Crippen LogP contribution in [0, 0.1) is 5.92 Å². The van der Waals surface area contributed by atoms with E-state index in [2.05, 4.69) is 5.32 Å². The van der Waals surface area contributed by atoms with E-state index >= 15 is 0 Å². The molecule has 0 saturated heterocycles. The molecular formula is C11H23NO3. The van der Waals surface area contributed by atoms with Crippen LogP contribution in [-0.4, -0.2) is 45.8 Å². The van der Waals surface area contributed by atoms with Gasteiger partial charge in [0.25, 0.3) is 0 Å². The molecular weight excluding hydrogens is 194 g/mol. The maximum atomic E-state index is 11.2. The largest absolute Gasteiger partial charge is 0.380 e. The molecule has 0 saturated carbocycles. The van der Waals surface area contributed by atoms with E-state index in [1.165, 1.54) is 0 Å². The molecule has 0 aliphatic carbocycles. The molecule has 0 bridgehead atoms. The van der Waals surface area contributed by atoms with E-state index < -0.39 is 0 Å². The first-order valence-corrected chi connectivity index (χ1v) is 5.51. The summed E-state index contributed by atoms with van der Waals surface area (Å²) in [6, 6.07) is 0. The van der Waals surface area contributed by atoms with Gasteiger partial charge in [-0.2, -0.15) is 0 Å². The minimum atomic E-state index is 0.0666. The lowest BCUT2D eigenvalue weighted by Crippen LogP contribution is -2.17. The lowest BCUT2D eigenvalue weighted by atomic mass is 10.1. The summed E-state index contributed by atoms with van der Waals surface area (Å²) in [5, 5.41) is 3.00. The van der Waals surface area contributed by atoms with Gasteiger partial charge in [-0.3, -0.25) is 4.79 Å². The molecule has 0 unspecified atom stereocenters. The van der Waals surface area contributed by atoms with Crippen LogP contribution < -0.4 is 5.32 Å². The topological polar surface area (TPSA) is 47.6 Å². The molecule has 0 atom stereocenters. The maximum Gasteiger partial charge on any atom is 0.160 e. The predicted molar refractivity (Wildman–Crippen MR) is 60.0 cm³/mol. The molecule has 0 aromatic heterocycles. The zero-order valence-corrected chi connectivity index (χ0v) is 10.0. The van der Waals surface area contributed by atoms with Crippen molar-refractivity contribution in [3.8, 4) is 0 Å². The van der Waals surface area contributed by atoms with E-state index in [0.29, 0.717) is 13.2 Å². The Balaban J connectivity index is 3.08. The summed E-state index contributed by atoms with van der Waals surface area (Å²) in [6.07, 6.45) is 0.842. The van der Waals surface area contributed by atoms with Gasteiger partial charge >= 0.3 is 0 Å². The van der Waals surface area contributed by atoms with Gasteiger partial charge < -0.3 is 14.8 Å². The third-order valence-electron chi connectivity index (χ3n) is 1.96. The molecule has 4 heteroatoms. The summed E-state index contributed by atoms with van der Waals surface area (Å²) >= 11 is 0. The number of ether oxygens (including phenoxy) is 2. The first kappa shape index (κ1) is 14.6. The normalized spacial score (nSPS) is 10.9. The number of nitrogens with one attached hydrogen (secondary N) is 1. The van der Waals surface area contributed by atoms with Crippen molar-refractivity contribution in [1.29, 1.82) is 0 Å². The van der Waals surface area contributed by atoms with Crippen molar-refractivity contribution in [3.05, 3.63) is 0 Å². The lowest BCUT2D eigenvalue weighted by molar-refractivity contribution is -0.126. The van der Waals surface area contributed by atoms with Crippen LogP contribution in [0.25, 0.3) is 0 Å². The first-order chi connectivity index (χ1) is 7.18. The van der Waals surface area contributed by atoms with Gasteiger partial charge in [0.1, 0.15) is 6.61 Å². The maximum absolute atomic E-state index is 11.2. The van der Waals surface area contributed by atoms with Crippen LogP contribution in [0.5, 0.6) is 0 Å². The quantitative estimate of drug-likeness (QED) is 0.551. The molecule has 15 heavy (non-hydrogen) atoms. The Bertz CT molecular complexity index is 160. The first-order valence-electron chi connectivity index (χ1n) is 5.51. The molecule has 0 radical (unpaired) electrons. The zero-order chi connectivity index (χ0) is 11.5. The lowest BCUT2D eigenvalue weighted by Gasteiger charge is -2.06. The van der Waals surface area contributed by atoms with Gasteiger partial charge in [0.05, 0.1) is 6.61 Å². The number of likely N-dealkylation sites (N-methyl/N-ethyl adjacent to an activating group) is 1. The third-order valence-corrected chi connectivity index (χ3v) is 1.96. The number of rotatable bonds is 10. The molecule has 90 valence electrons. The van der Waals surface area contributed by atoms with E-state index in [4.69, 9.17) is 9.47 Å². The second kappa shape index (κ2) is 10.1. The number of hydrogen-bond donors (Lipinski definition) is 1. The molecule has 4 nitrogen and oxygen atoms in total. The minimum Gasteiger partial charge on any atom is -0.380 e. The van der Waals surface area contributed by atoms with Crippen LogP contribution in [0.1, 0.15) is 20.3 Å². The smallest absolute Gasteiger partial charge is 0.160 e. The summed E-state index contributed by atoms with van der Waals surface area (Å²) in [7, 11) is 1.89. The molecule has 0 rings (SSSR count). The fraction of sp³-hybridized carbons (Fsp3) is 0.909. The van der Waals surface area contributed by atoms with Crippen molar-refractivity contribution >= 4 is 5.78 Å². The number of carbonyl (C=O) groups excluding carboxylic acids is 1. The van der Waals surface area contributed by atoms with Gasteiger partial charge in [-0.05, 0) is 13.5 Å². The van der Waals surface area contributed by atoms with Crippen LogP contribution in [0.3, 0.4) is 0 Å². The van der Waals surface area contributed by atoms with Crippen molar-refractivity contribution in [2.45, 2.75) is 20.3 Å². The second-order valence-corrected chi connectivity index (χ2v) is 3.74. The highest BCUT2D eigenvalue weighted by Gasteiger charge is 2.05. The zero-order valence-electron chi connectivity index (χ0n) is 10.0. The monoisotopic (exact) mass is 217 g/mol. The Hall–Kier alpha value is -0.450. The van der Waals surface area contributed by atoms with Crippen molar-refractivity contribution in [2.24, 2.45) is 5.92 Å². The van der Waals surface area contributed by atoms with Crippen LogP contribution in [-0.2, 0) is 14.3 Å². The molecule has 0 aliphatic rings. The van der Waals surface area contributed by atoms with E-state index in [0.717, 1.165) is 19.6 Å². The van der Waals surface area contributed by atoms with Crippen molar-refractivity contribution in [3.63, 3.8) is 0 Å². The van der Waals surface area contributed by atoms with Crippen LogP contribution >= 0.6 is 0 Å². The summed E-state index contributed by atoms with van der Waals surface area (Å²) < 4.78 is 10.5. The number of ketones is 1. The predicted octanol–water partition coefficient (Wildman–Crippen LogP) is 0.854. The van der Waals surface area contributed by atoms with Crippen LogP contribution in [0.4, 0.5) is 0 Å². The Morgan fingerprint density at radius 3 is 2.47 bits per heavy atom. The van der Waals surface area contributed by atoms with E-state index in [-0.39, 0.29) is 18.3 Å². The summed E-state index contributed by atoms with van der Waals surface area (Å²) in [6.45, 7) is 6.87. The van der Waals surface area contributed by atoms with Crippen molar-refractivity contribution in [1.82, 2.24) is 5.32 Å². The van der Waals surface area contributed by atoms with Crippen LogP contribution in [0.2, 0.25) is 0 Å². The molecule has 0 spiro atoms. The Morgan fingerprint density at radius 1 is 1.20 bits per heavy atom. The number of Topliss-reactive ketones (excluding diaryl/α,β-unsaturated/α-hetero) is 1. The third kappa shape index (κ3) is 9.85. The van der Waals surface area contributed by atoms with Gasteiger partial charge in [0.15, 0.2) is 5.78 Å². The fourth-order valence-corrected chi connectivity index (χ4v) is 0.879. The van der Waals surface area contributed by atoms with Crippen molar-refractivity contribution < 1.29 is 14.3 Å². The van der Waals surface area contributed by atoms with E-state index in [1.54, 1.807) is 0 Å². The summed E-state index contributed by atoms with van der Waals surface area (Å²) in [5.74, 6) is 0.225. The molecule has 0 aromatic carbocycles. The van der Waals surface area contributed by atoms with E-state index in [1.807, 2.05) is 20.9 Å². The second-order valence-electron chi connectivity index (χ2n) is 3.74. The van der Waals surface area contributed by atoms with Gasteiger partial charge in [-0.1, -0.05) is 13.8 Å². The summed E-state index contributed by atoms with van der Waals surface area (Å²) in [4.78, 5) is 11.2. The minimum absolute atomic E-state index is 0.0666. The highest BCUT2D eigenvalue weighted by Crippen LogP contribution is 1.95. The summed E-state index contributed by atoms with van der Waals surface area (Å²) in [5.41, 5.74) is 0. The Labute approximate surface area is 92.3 Å². The molecule has 0 fully saturated rings. The van der Waals surface area contributed by atoms with Gasteiger partial charge in [-0.15, -0.1) is 0 Å². The molecule has 0 heterocycles. The van der Waals surface area contributed by atoms with E-state index in [9.17, 15) is 4.79 Å². The van der Waals surface area contributed by atoms with Crippen LogP contribution in [0.15, 0.2) is 0 Å². The van der Waals surface area contributed by atoms with Crippen molar-refractivity contribution in [2.75, 3.05) is 40.0 Å². The fourth-order valence-electron chi connectivity index (χ4n) is 0.879. The highest BCUT2D eigenvalue weighted by molar-refractivity contribution is 5.81. The van der Waals surface area contributed by atoms with Gasteiger partial charge in [0.2, 0.25) is 0 Å². The highest BCUT2D eigenvalue weighted by atomic mass is 16.5. The average Bonchev–Trinajstić information content (AvgIpc) is 2.21. The SMILES string of the molecule is CNCCOCCCOCC(=O)C(C)C. The number of hydrogen-bond acceptors (Lipinski definition) is 4. The number of carbonyl (C=O) groups is 1. The molecule has 0 aromatic rings. The molecule has 0 amide bonds. The Kier molecular flexibility index (Phi) is 9.78. The van der Waals surface area contributed by atoms with Gasteiger partial charge in [-0.25, -0.2) is 0 Å². The van der Waals surface area contributed by atoms with Gasteiger partial charge in [0, 0.05) is 25.7 Å². The average molecular weight is 217 g/mol. The molecule has 0 aliphatic heterocycles. The molecule has 1 N–H and O–H groups in total. The standard InChI is InChI=1S/C11H23NO3/c1-10(2)11(13)9-15-7-4-6-14-8-5-12-3/h10,12H,4-9H2,1-3H3.